The van der Waals surface area contributed by atoms with Crippen LogP contribution in [0.5, 0.6) is 0 Å². The molecule has 1 N–H and O–H groups in total. The van der Waals surface area contributed by atoms with Gasteiger partial charge in [0.05, 0.1) is 5.69 Å². The molecule has 17 heavy (non-hydrogen) atoms. The molecule has 0 aliphatic carbocycles. The number of rotatable bonds is 2. The highest BCUT2D eigenvalue weighted by molar-refractivity contribution is 5.53. The molecule has 0 amide bonds. The molecule has 3 aromatic rings. The summed E-state index contributed by atoms with van der Waals surface area (Å²) in [4.78, 5) is 7.24. The SMILES string of the molecule is Cc1ccc(-c2noc(-c3ccc[nH]3)n2)nn1. The van der Waals surface area contributed by atoms with Crippen LogP contribution in [0.2, 0.25) is 0 Å². The third kappa shape index (κ3) is 1.80. The van der Waals surface area contributed by atoms with Crippen LogP contribution in [0.15, 0.2) is 35.0 Å². The van der Waals surface area contributed by atoms with Gasteiger partial charge in [-0.2, -0.15) is 10.1 Å². The largest absolute Gasteiger partial charge is 0.357 e. The fourth-order valence-corrected chi connectivity index (χ4v) is 1.42. The molecule has 0 fully saturated rings. The van der Waals surface area contributed by atoms with E-state index in [1.807, 2.05) is 31.2 Å². The summed E-state index contributed by atoms with van der Waals surface area (Å²) in [6.07, 6.45) is 1.80. The van der Waals surface area contributed by atoms with E-state index in [9.17, 15) is 0 Å². The Kier molecular flexibility index (Phi) is 2.18. The number of nitrogens with zero attached hydrogens (tertiary/aromatic N) is 4. The van der Waals surface area contributed by atoms with Crippen molar-refractivity contribution >= 4 is 0 Å². The van der Waals surface area contributed by atoms with Crippen LogP contribution in [0.1, 0.15) is 5.69 Å². The Morgan fingerprint density at radius 3 is 2.82 bits per heavy atom. The summed E-state index contributed by atoms with van der Waals surface area (Å²) in [5, 5.41) is 11.8. The second-order valence-electron chi connectivity index (χ2n) is 3.57. The van der Waals surface area contributed by atoms with Gasteiger partial charge in [-0.3, -0.25) is 0 Å². The third-order valence-corrected chi connectivity index (χ3v) is 2.28. The molecule has 6 heteroatoms. The van der Waals surface area contributed by atoms with E-state index >= 15 is 0 Å². The molecule has 0 unspecified atom stereocenters. The molecule has 0 saturated heterocycles. The number of H-pyrrole nitrogens is 1. The smallest absolute Gasteiger partial charge is 0.274 e. The summed E-state index contributed by atoms with van der Waals surface area (Å²) in [5.74, 6) is 0.870. The Bertz CT molecular complexity index is 612. The number of aromatic nitrogens is 5. The maximum atomic E-state index is 5.13. The number of hydrogen-bond donors (Lipinski definition) is 1. The molecule has 3 heterocycles. The van der Waals surface area contributed by atoms with E-state index in [0.717, 1.165) is 11.4 Å². The fraction of sp³-hybridized carbons (Fsp3) is 0.0909. The maximum absolute atomic E-state index is 5.13. The van der Waals surface area contributed by atoms with Crippen molar-refractivity contribution in [2.24, 2.45) is 0 Å². The van der Waals surface area contributed by atoms with Crippen molar-refractivity contribution in [3.63, 3.8) is 0 Å². The van der Waals surface area contributed by atoms with Crippen molar-refractivity contribution in [2.45, 2.75) is 6.92 Å². The number of aromatic amines is 1. The van der Waals surface area contributed by atoms with E-state index in [1.54, 1.807) is 6.20 Å². The lowest BCUT2D eigenvalue weighted by atomic mass is 10.3. The average Bonchev–Trinajstić information content (AvgIpc) is 3.00. The van der Waals surface area contributed by atoms with Crippen molar-refractivity contribution in [3.8, 4) is 23.1 Å². The Morgan fingerprint density at radius 2 is 2.12 bits per heavy atom. The monoisotopic (exact) mass is 227 g/mol. The van der Waals surface area contributed by atoms with Gasteiger partial charge in [-0.15, -0.1) is 5.10 Å². The van der Waals surface area contributed by atoms with Gasteiger partial charge in [0, 0.05) is 6.20 Å². The minimum atomic E-state index is 0.433. The first-order valence-electron chi connectivity index (χ1n) is 5.11. The summed E-state index contributed by atoms with van der Waals surface area (Å²) >= 11 is 0. The van der Waals surface area contributed by atoms with Crippen LogP contribution in [0.4, 0.5) is 0 Å². The predicted molar refractivity (Wildman–Crippen MR) is 59.8 cm³/mol. The summed E-state index contributed by atoms with van der Waals surface area (Å²) < 4.78 is 5.13. The van der Waals surface area contributed by atoms with E-state index in [0.29, 0.717) is 17.4 Å². The van der Waals surface area contributed by atoms with Crippen molar-refractivity contribution in [1.29, 1.82) is 0 Å². The Balaban J connectivity index is 1.98. The molecule has 0 aromatic carbocycles. The van der Waals surface area contributed by atoms with E-state index in [2.05, 4.69) is 25.3 Å². The van der Waals surface area contributed by atoms with Gasteiger partial charge in [-0.05, 0) is 31.2 Å². The molecule has 3 rings (SSSR count). The molecule has 84 valence electrons. The predicted octanol–water partition coefficient (Wildman–Crippen LogP) is 1.83. The summed E-state index contributed by atoms with van der Waals surface area (Å²) in [7, 11) is 0. The topological polar surface area (TPSA) is 80.5 Å². The van der Waals surface area contributed by atoms with E-state index in [1.165, 1.54) is 0 Å². The van der Waals surface area contributed by atoms with Crippen molar-refractivity contribution in [2.75, 3.05) is 0 Å². The number of nitrogens with one attached hydrogen (secondary N) is 1. The van der Waals surface area contributed by atoms with Crippen LogP contribution in [0.25, 0.3) is 23.1 Å². The molecule has 0 radical (unpaired) electrons. The molecular weight excluding hydrogens is 218 g/mol. The normalized spacial score (nSPS) is 10.6. The summed E-state index contributed by atoms with van der Waals surface area (Å²) in [5.41, 5.74) is 2.22. The van der Waals surface area contributed by atoms with Gasteiger partial charge in [0.1, 0.15) is 11.4 Å². The lowest BCUT2D eigenvalue weighted by Crippen LogP contribution is -1.90. The molecule has 3 aromatic heterocycles. The minimum absolute atomic E-state index is 0.433. The summed E-state index contributed by atoms with van der Waals surface area (Å²) in [6.45, 7) is 1.87. The Hall–Kier alpha value is -2.50. The molecule has 0 bridgehead atoms. The lowest BCUT2D eigenvalue weighted by Gasteiger charge is -1.91. The zero-order valence-corrected chi connectivity index (χ0v) is 9.08. The molecule has 0 aliphatic heterocycles. The average molecular weight is 227 g/mol. The van der Waals surface area contributed by atoms with Crippen molar-refractivity contribution in [3.05, 3.63) is 36.2 Å². The first-order valence-corrected chi connectivity index (χ1v) is 5.11. The molecule has 0 saturated carbocycles. The van der Waals surface area contributed by atoms with E-state index < -0.39 is 0 Å². The number of hydrogen-bond acceptors (Lipinski definition) is 5. The van der Waals surface area contributed by atoms with Crippen molar-refractivity contribution in [1.82, 2.24) is 25.3 Å². The molecule has 0 atom stereocenters. The highest BCUT2D eigenvalue weighted by Gasteiger charge is 2.11. The van der Waals surface area contributed by atoms with E-state index in [4.69, 9.17) is 4.52 Å². The maximum Gasteiger partial charge on any atom is 0.274 e. The molecule has 6 nitrogen and oxygen atoms in total. The van der Waals surface area contributed by atoms with E-state index in [-0.39, 0.29) is 0 Å². The van der Waals surface area contributed by atoms with Gasteiger partial charge in [0.15, 0.2) is 0 Å². The molecular formula is C11H9N5O. The Morgan fingerprint density at radius 1 is 1.18 bits per heavy atom. The van der Waals surface area contributed by atoms with Crippen LogP contribution in [-0.2, 0) is 0 Å². The van der Waals surface area contributed by atoms with Crippen LogP contribution in [-0.4, -0.2) is 25.3 Å². The van der Waals surface area contributed by atoms with Crippen LogP contribution in [0, 0.1) is 6.92 Å². The highest BCUT2D eigenvalue weighted by Crippen LogP contribution is 2.18. The quantitative estimate of drug-likeness (QED) is 0.722. The van der Waals surface area contributed by atoms with Crippen LogP contribution in [0.3, 0.4) is 0 Å². The second-order valence-corrected chi connectivity index (χ2v) is 3.57. The molecule has 0 spiro atoms. The van der Waals surface area contributed by atoms with Gasteiger partial charge in [-0.1, -0.05) is 5.16 Å². The fourth-order valence-electron chi connectivity index (χ4n) is 1.42. The van der Waals surface area contributed by atoms with Crippen molar-refractivity contribution < 1.29 is 4.52 Å². The molecule has 0 aliphatic rings. The lowest BCUT2D eigenvalue weighted by molar-refractivity contribution is 0.431. The van der Waals surface area contributed by atoms with Gasteiger partial charge >= 0.3 is 0 Å². The zero-order valence-electron chi connectivity index (χ0n) is 9.08. The Labute approximate surface area is 96.7 Å². The first kappa shape index (κ1) is 9.71. The summed E-state index contributed by atoms with van der Waals surface area (Å²) in [6, 6.07) is 7.39. The van der Waals surface area contributed by atoms with Gasteiger partial charge in [-0.25, -0.2) is 0 Å². The zero-order chi connectivity index (χ0) is 11.7. The highest BCUT2D eigenvalue weighted by atomic mass is 16.5. The third-order valence-electron chi connectivity index (χ3n) is 2.28. The second kappa shape index (κ2) is 3.82. The standard InChI is InChI=1S/C11H9N5O/c1-7-4-5-8(15-14-7)10-13-11(17-16-10)9-3-2-6-12-9/h2-6,12H,1H3. The first-order chi connectivity index (χ1) is 8.33. The van der Waals surface area contributed by atoms with Crippen LogP contribution < -0.4 is 0 Å². The minimum Gasteiger partial charge on any atom is -0.357 e. The van der Waals surface area contributed by atoms with Gasteiger partial charge in [0.25, 0.3) is 5.89 Å². The van der Waals surface area contributed by atoms with Gasteiger partial charge in [0.2, 0.25) is 5.82 Å². The van der Waals surface area contributed by atoms with Crippen LogP contribution >= 0.6 is 0 Å². The van der Waals surface area contributed by atoms with Gasteiger partial charge < -0.3 is 9.51 Å². The number of aryl methyl sites for hydroxylation is 1.